The molecule has 1 aromatic carbocycles. The Morgan fingerprint density at radius 3 is 2.56 bits per heavy atom. The van der Waals surface area contributed by atoms with E-state index in [4.69, 9.17) is 16.0 Å². The third-order valence-electron chi connectivity index (χ3n) is 3.05. The van der Waals surface area contributed by atoms with Gasteiger partial charge in [0.2, 0.25) is 5.89 Å². The quantitative estimate of drug-likeness (QED) is 0.737. The van der Waals surface area contributed by atoms with Crippen molar-refractivity contribution in [3.63, 3.8) is 0 Å². The lowest BCUT2D eigenvalue weighted by atomic mass is 10.2. The van der Waals surface area contributed by atoms with E-state index in [9.17, 15) is 13.2 Å². The first-order chi connectivity index (χ1) is 11.6. The lowest BCUT2D eigenvalue weighted by molar-refractivity contribution is 0.102. The van der Waals surface area contributed by atoms with Crippen molar-refractivity contribution in [2.45, 2.75) is 42.2 Å². The molecule has 0 saturated carbocycles. The predicted molar refractivity (Wildman–Crippen MR) is 97.2 cm³/mol. The first-order valence-corrected chi connectivity index (χ1v) is 10.6. The molecular weight excluding hydrogens is 386 g/mol. The maximum atomic E-state index is 12.4. The number of halogens is 1. The number of amides is 1. The zero-order valence-electron chi connectivity index (χ0n) is 14.2. The molecule has 136 valence electrons. The summed E-state index contributed by atoms with van der Waals surface area (Å²) in [6.07, 6.45) is 1.65. The SMILES string of the molecule is CCc1nnc(NC(=O)c2ccc(S(C)(=O)=O)c(SC(C)C)c2Cl)o1. The fourth-order valence-corrected chi connectivity index (χ4v) is 4.62. The number of carbonyl (C=O) groups excluding carboxylic acids is 1. The summed E-state index contributed by atoms with van der Waals surface area (Å²) in [5.74, 6) is -0.160. The molecule has 0 saturated heterocycles. The highest BCUT2D eigenvalue weighted by atomic mass is 35.5. The van der Waals surface area contributed by atoms with Gasteiger partial charge in [0, 0.05) is 22.8 Å². The largest absolute Gasteiger partial charge is 0.408 e. The molecule has 2 rings (SSSR count). The third-order valence-corrected chi connectivity index (χ3v) is 5.95. The second-order valence-electron chi connectivity index (χ2n) is 5.50. The summed E-state index contributed by atoms with van der Waals surface area (Å²) in [6, 6.07) is 2.71. The Morgan fingerprint density at radius 1 is 1.36 bits per heavy atom. The Bertz CT molecular complexity index is 894. The van der Waals surface area contributed by atoms with Gasteiger partial charge in [-0.2, -0.15) is 0 Å². The molecule has 0 aliphatic heterocycles. The van der Waals surface area contributed by atoms with E-state index in [1.165, 1.54) is 23.9 Å². The van der Waals surface area contributed by atoms with Crippen molar-refractivity contribution < 1.29 is 17.6 Å². The fourth-order valence-electron chi connectivity index (χ4n) is 1.96. The van der Waals surface area contributed by atoms with Gasteiger partial charge in [0.15, 0.2) is 9.84 Å². The average molecular weight is 404 g/mol. The van der Waals surface area contributed by atoms with Crippen LogP contribution in [0.3, 0.4) is 0 Å². The van der Waals surface area contributed by atoms with Crippen molar-refractivity contribution in [3.05, 3.63) is 28.6 Å². The third kappa shape index (κ3) is 4.74. The zero-order chi connectivity index (χ0) is 18.8. The fraction of sp³-hybridized carbons (Fsp3) is 0.400. The number of anilines is 1. The number of thioether (sulfide) groups is 1. The molecule has 1 aromatic heterocycles. The number of hydrogen-bond acceptors (Lipinski definition) is 7. The molecule has 1 amide bonds. The van der Waals surface area contributed by atoms with Gasteiger partial charge in [0.25, 0.3) is 5.91 Å². The van der Waals surface area contributed by atoms with Gasteiger partial charge in [-0.05, 0) is 12.1 Å². The standard InChI is InChI=1S/C15H18ClN3O4S2/c1-5-11-18-19-15(23-11)17-14(20)9-6-7-10(25(4,21)22)13(12(9)16)24-8(2)3/h6-8H,5H2,1-4H3,(H,17,19,20). The molecule has 7 nitrogen and oxygen atoms in total. The number of sulfone groups is 1. The normalized spacial score (nSPS) is 11.8. The number of nitrogens with zero attached hydrogens (tertiary/aromatic N) is 2. The maximum Gasteiger partial charge on any atom is 0.322 e. The van der Waals surface area contributed by atoms with Gasteiger partial charge in [0.05, 0.1) is 15.5 Å². The topological polar surface area (TPSA) is 102 Å². The number of nitrogens with one attached hydrogen (secondary N) is 1. The monoisotopic (exact) mass is 403 g/mol. The van der Waals surface area contributed by atoms with E-state index in [0.717, 1.165) is 6.26 Å². The Hall–Kier alpha value is -1.58. The smallest absolute Gasteiger partial charge is 0.322 e. The Morgan fingerprint density at radius 2 is 2.04 bits per heavy atom. The summed E-state index contributed by atoms with van der Waals surface area (Å²) in [5, 5.41) is 10.1. The number of hydrogen-bond donors (Lipinski definition) is 1. The summed E-state index contributed by atoms with van der Waals surface area (Å²) in [4.78, 5) is 12.9. The molecule has 2 aromatic rings. The van der Waals surface area contributed by atoms with Crippen molar-refractivity contribution in [3.8, 4) is 0 Å². The van der Waals surface area contributed by atoms with E-state index in [2.05, 4.69) is 15.5 Å². The summed E-state index contributed by atoms with van der Waals surface area (Å²) in [6.45, 7) is 5.66. The first kappa shape index (κ1) is 19.7. The van der Waals surface area contributed by atoms with Gasteiger partial charge in [-0.1, -0.05) is 37.5 Å². The minimum absolute atomic E-state index is 0.0387. The van der Waals surface area contributed by atoms with Crippen LogP contribution in [-0.2, 0) is 16.3 Å². The highest BCUT2D eigenvalue weighted by Crippen LogP contribution is 2.38. The summed E-state index contributed by atoms with van der Waals surface area (Å²) in [7, 11) is -3.48. The van der Waals surface area contributed by atoms with E-state index in [1.54, 1.807) is 0 Å². The predicted octanol–water partition coefficient (Wildman–Crippen LogP) is 3.44. The lowest BCUT2D eigenvalue weighted by Crippen LogP contribution is -2.14. The van der Waals surface area contributed by atoms with Crippen LogP contribution in [0.25, 0.3) is 0 Å². The van der Waals surface area contributed by atoms with Crippen molar-refractivity contribution in [2.75, 3.05) is 11.6 Å². The van der Waals surface area contributed by atoms with Gasteiger partial charge >= 0.3 is 6.01 Å². The van der Waals surface area contributed by atoms with Crippen molar-refractivity contribution in [1.29, 1.82) is 0 Å². The summed E-state index contributed by atoms with van der Waals surface area (Å²) in [5.41, 5.74) is 0.133. The minimum atomic E-state index is -3.48. The van der Waals surface area contributed by atoms with Crippen LogP contribution in [0, 0.1) is 0 Å². The van der Waals surface area contributed by atoms with Crippen LogP contribution in [0.5, 0.6) is 0 Å². The number of aryl methyl sites for hydroxylation is 1. The summed E-state index contributed by atoms with van der Waals surface area (Å²) >= 11 is 7.63. The van der Waals surface area contributed by atoms with E-state index < -0.39 is 15.7 Å². The highest BCUT2D eigenvalue weighted by molar-refractivity contribution is 8.00. The van der Waals surface area contributed by atoms with E-state index in [0.29, 0.717) is 17.2 Å². The van der Waals surface area contributed by atoms with E-state index in [-0.39, 0.29) is 26.7 Å². The average Bonchev–Trinajstić information content (AvgIpc) is 2.95. The Labute approximate surface area is 155 Å². The Kier molecular flexibility index (Phi) is 6.12. The molecule has 1 N–H and O–H groups in total. The number of benzene rings is 1. The molecule has 0 spiro atoms. The molecule has 0 fully saturated rings. The molecule has 0 radical (unpaired) electrons. The van der Waals surface area contributed by atoms with Gasteiger partial charge < -0.3 is 4.42 Å². The van der Waals surface area contributed by atoms with Crippen LogP contribution in [0.15, 0.2) is 26.3 Å². The molecule has 1 heterocycles. The van der Waals surface area contributed by atoms with Crippen LogP contribution in [0.4, 0.5) is 6.01 Å². The molecule has 0 aliphatic rings. The zero-order valence-corrected chi connectivity index (χ0v) is 16.5. The second kappa shape index (κ2) is 7.76. The summed E-state index contributed by atoms with van der Waals surface area (Å²) < 4.78 is 29.2. The number of aromatic nitrogens is 2. The van der Waals surface area contributed by atoms with Gasteiger partial charge in [-0.3, -0.25) is 10.1 Å². The number of carbonyl (C=O) groups is 1. The van der Waals surface area contributed by atoms with E-state index >= 15 is 0 Å². The van der Waals surface area contributed by atoms with Crippen LogP contribution in [0.2, 0.25) is 5.02 Å². The number of rotatable bonds is 6. The van der Waals surface area contributed by atoms with Crippen molar-refractivity contribution in [2.24, 2.45) is 0 Å². The van der Waals surface area contributed by atoms with Gasteiger partial charge in [-0.15, -0.1) is 16.9 Å². The van der Waals surface area contributed by atoms with Crippen LogP contribution in [0.1, 0.15) is 37.0 Å². The van der Waals surface area contributed by atoms with Gasteiger partial charge in [-0.25, -0.2) is 8.42 Å². The van der Waals surface area contributed by atoms with Gasteiger partial charge in [0.1, 0.15) is 0 Å². The van der Waals surface area contributed by atoms with Crippen LogP contribution < -0.4 is 5.32 Å². The van der Waals surface area contributed by atoms with E-state index in [1.807, 2.05) is 20.8 Å². The minimum Gasteiger partial charge on any atom is -0.408 e. The molecule has 25 heavy (non-hydrogen) atoms. The Balaban J connectivity index is 2.42. The molecule has 0 bridgehead atoms. The molecule has 10 heteroatoms. The molecule has 0 aliphatic carbocycles. The van der Waals surface area contributed by atoms with Crippen LogP contribution in [-0.4, -0.2) is 36.0 Å². The molecule has 0 atom stereocenters. The second-order valence-corrected chi connectivity index (χ2v) is 9.45. The molecular formula is C15H18ClN3O4S2. The van der Waals surface area contributed by atoms with Crippen molar-refractivity contribution >= 4 is 45.1 Å². The molecule has 0 unspecified atom stereocenters. The maximum absolute atomic E-state index is 12.4. The first-order valence-electron chi connectivity index (χ1n) is 7.46. The lowest BCUT2D eigenvalue weighted by Gasteiger charge is -2.14. The van der Waals surface area contributed by atoms with Crippen molar-refractivity contribution in [1.82, 2.24) is 10.2 Å². The van der Waals surface area contributed by atoms with Crippen LogP contribution >= 0.6 is 23.4 Å². The highest BCUT2D eigenvalue weighted by Gasteiger charge is 2.23.